The number of hydrogen-bond donors (Lipinski definition) is 2. The zero-order valence-electron chi connectivity index (χ0n) is 6.01. The van der Waals surface area contributed by atoms with Crippen molar-refractivity contribution in [3.8, 4) is 0 Å². The molecule has 0 aromatic carbocycles. The van der Waals surface area contributed by atoms with Crippen LogP contribution in [0, 0.1) is 0 Å². The van der Waals surface area contributed by atoms with Gasteiger partial charge in [0.15, 0.2) is 5.62 Å². The first-order valence-corrected chi connectivity index (χ1v) is 4.18. The number of rotatable bonds is 0. The topological polar surface area (TPSA) is 44.4 Å². The van der Waals surface area contributed by atoms with Crippen molar-refractivity contribution in [2.45, 2.75) is 24.5 Å². The van der Waals surface area contributed by atoms with Crippen LogP contribution >= 0.6 is 11.6 Å². The van der Waals surface area contributed by atoms with Gasteiger partial charge < -0.3 is 5.32 Å². The summed E-state index contributed by atoms with van der Waals surface area (Å²) in [4.78, 5) is 11.2. The summed E-state index contributed by atoms with van der Waals surface area (Å²) in [7, 11) is 0. The number of alkyl halides is 1. The summed E-state index contributed by atoms with van der Waals surface area (Å²) in [6.07, 6.45) is 2.00. The Bertz CT molecular complexity index is 187. The Morgan fingerprint density at radius 3 is 3.27 bits per heavy atom. The van der Waals surface area contributed by atoms with E-state index in [2.05, 4.69) is 10.7 Å². The number of nitrogens with one attached hydrogen (secondary N) is 2. The Balaban J connectivity index is 2.10. The summed E-state index contributed by atoms with van der Waals surface area (Å²) in [5.41, 5.74) is 2.54. The molecule has 0 saturated carbocycles. The van der Waals surface area contributed by atoms with Crippen LogP contribution in [0.1, 0.15) is 12.8 Å². The lowest BCUT2D eigenvalue weighted by Gasteiger charge is -2.32. The SMILES string of the molecule is O=C1NC(Cl)NN2CCCC12. The number of amides is 1. The minimum Gasteiger partial charge on any atom is -0.325 e. The van der Waals surface area contributed by atoms with E-state index < -0.39 is 5.62 Å². The Morgan fingerprint density at radius 2 is 2.45 bits per heavy atom. The van der Waals surface area contributed by atoms with Crippen LogP contribution in [-0.4, -0.2) is 29.1 Å². The van der Waals surface area contributed by atoms with E-state index in [1.165, 1.54) is 0 Å². The molecule has 2 fully saturated rings. The zero-order valence-corrected chi connectivity index (χ0v) is 6.77. The molecular weight excluding hydrogens is 166 g/mol. The minimum atomic E-state index is -0.433. The van der Waals surface area contributed by atoms with E-state index in [0.717, 1.165) is 19.4 Å². The largest absolute Gasteiger partial charge is 0.325 e. The van der Waals surface area contributed by atoms with Crippen molar-refractivity contribution in [3.05, 3.63) is 0 Å². The predicted molar refractivity (Wildman–Crippen MR) is 40.6 cm³/mol. The van der Waals surface area contributed by atoms with E-state index in [1.807, 2.05) is 5.01 Å². The van der Waals surface area contributed by atoms with Crippen molar-refractivity contribution in [2.75, 3.05) is 6.54 Å². The van der Waals surface area contributed by atoms with Crippen LogP contribution < -0.4 is 10.7 Å². The van der Waals surface area contributed by atoms with E-state index in [-0.39, 0.29) is 11.9 Å². The summed E-state index contributed by atoms with van der Waals surface area (Å²) in [5.74, 6) is 0.0428. The van der Waals surface area contributed by atoms with Crippen molar-refractivity contribution in [3.63, 3.8) is 0 Å². The fraction of sp³-hybridized carbons (Fsp3) is 0.833. The van der Waals surface area contributed by atoms with Gasteiger partial charge in [0, 0.05) is 6.54 Å². The first-order chi connectivity index (χ1) is 5.27. The van der Waals surface area contributed by atoms with Crippen LogP contribution in [0.3, 0.4) is 0 Å². The predicted octanol–water partition coefficient (Wildman–Crippen LogP) is -0.392. The Kier molecular flexibility index (Phi) is 1.75. The van der Waals surface area contributed by atoms with Gasteiger partial charge >= 0.3 is 0 Å². The third-order valence-electron chi connectivity index (χ3n) is 2.10. The molecule has 62 valence electrons. The quantitative estimate of drug-likeness (QED) is 0.389. The second-order valence-corrected chi connectivity index (χ2v) is 3.29. The van der Waals surface area contributed by atoms with E-state index in [1.54, 1.807) is 0 Å². The second kappa shape index (κ2) is 2.62. The Hall–Kier alpha value is -0.320. The minimum absolute atomic E-state index is 0.00463. The van der Waals surface area contributed by atoms with Gasteiger partial charge in [0.05, 0.1) is 0 Å². The molecule has 1 amide bonds. The highest BCUT2D eigenvalue weighted by molar-refractivity contribution is 6.21. The third kappa shape index (κ3) is 1.21. The van der Waals surface area contributed by atoms with E-state index in [9.17, 15) is 4.79 Å². The Labute approximate surface area is 69.8 Å². The number of hydrogen-bond acceptors (Lipinski definition) is 3. The summed E-state index contributed by atoms with van der Waals surface area (Å²) >= 11 is 5.69. The standard InChI is InChI=1S/C6H10ClN3O/c7-6-8-5(11)4-2-1-3-10(4)9-6/h4,6,9H,1-3H2,(H,8,11). The van der Waals surface area contributed by atoms with Crippen molar-refractivity contribution < 1.29 is 4.79 Å². The molecule has 0 bridgehead atoms. The molecule has 5 heteroatoms. The lowest BCUT2D eigenvalue weighted by molar-refractivity contribution is -0.130. The first-order valence-electron chi connectivity index (χ1n) is 3.74. The van der Waals surface area contributed by atoms with Crippen molar-refractivity contribution in [2.24, 2.45) is 0 Å². The molecule has 2 rings (SSSR count). The highest BCUT2D eigenvalue weighted by Gasteiger charge is 2.36. The van der Waals surface area contributed by atoms with Gasteiger partial charge in [-0.1, -0.05) is 11.6 Å². The molecular formula is C6H10ClN3O. The summed E-state index contributed by atoms with van der Waals surface area (Å²) < 4.78 is 0. The van der Waals surface area contributed by atoms with Crippen LogP contribution in [-0.2, 0) is 4.79 Å². The van der Waals surface area contributed by atoms with E-state index in [0.29, 0.717) is 0 Å². The molecule has 2 unspecified atom stereocenters. The van der Waals surface area contributed by atoms with Crippen molar-refractivity contribution >= 4 is 17.5 Å². The van der Waals surface area contributed by atoms with Gasteiger partial charge in [-0.05, 0) is 12.8 Å². The number of hydrazine groups is 1. The lowest BCUT2D eigenvalue weighted by atomic mass is 10.2. The van der Waals surface area contributed by atoms with Crippen LogP contribution in [0.2, 0.25) is 0 Å². The molecule has 2 N–H and O–H groups in total. The molecule has 0 aliphatic carbocycles. The number of fused-ring (bicyclic) bond motifs is 1. The fourth-order valence-electron chi connectivity index (χ4n) is 1.59. The van der Waals surface area contributed by atoms with E-state index >= 15 is 0 Å². The third-order valence-corrected chi connectivity index (χ3v) is 2.31. The summed E-state index contributed by atoms with van der Waals surface area (Å²) in [5, 5.41) is 4.54. The number of carbonyl (C=O) groups excluding carboxylic acids is 1. The maximum absolute atomic E-state index is 11.2. The summed E-state index contributed by atoms with van der Waals surface area (Å²) in [6, 6.07) is 0.00463. The van der Waals surface area contributed by atoms with Gasteiger partial charge in [0.1, 0.15) is 6.04 Å². The fourth-order valence-corrected chi connectivity index (χ4v) is 1.83. The number of halogens is 1. The van der Waals surface area contributed by atoms with Gasteiger partial charge in [-0.3, -0.25) is 4.79 Å². The lowest BCUT2D eigenvalue weighted by Crippen LogP contribution is -2.62. The highest BCUT2D eigenvalue weighted by atomic mass is 35.5. The molecule has 2 aliphatic rings. The summed E-state index contributed by atoms with van der Waals surface area (Å²) in [6.45, 7) is 0.918. The molecule has 0 spiro atoms. The maximum atomic E-state index is 11.2. The molecule has 2 atom stereocenters. The van der Waals surface area contributed by atoms with Crippen molar-refractivity contribution in [1.29, 1.82) is 0 Å². The second-order valence-electron chi connectivity index (χ2n) is 2.85. The van der Waals surface area contributed by atoms with Crippen LogP contribution in [0.15, 0.2) is 0 Å². The average Bonchev–Trinajstić information content (AvgIpc) is 2.34. The first kappa shape index (κ1) is 7.34. The van der Waals surface area contributed by atoms with Gasteiger partial charge in [0.2, 0.25) is 5.91 Å². The molecule has 0 radical (unpaired) electrons. The smallest absolute Gasteiger partial charge is 0.240 e. The molecule has 2 saturated heterocycles. The van der Waals surface area contributed by atoms with E-state index in [4.69, 9.17) is 11.6 Å². The zero-order chi connectivity index (χ0) is 7.84. The molecule has 0 aromatic rings. The van der Waals surface area contributed by atoms with Gasteiger partial charge in [0.25, 0.3) is 0 Å². The molecule has 4 nitrogen and oxygen atoms in total. The van der Waals surface area contributed by atoms with Gasteiger partial charge in [-0.15, -0.1) is 0 Å². The monoisotopic (exact) mass is 175 g/mol. The molecule has 2 heterocycles. The highest BCUT2D eigenvalue weighted by Crippen LogP contribution is 2.18. The number of carbonyl (C=O) groups is 1. The van der Waals surface area contributed by atoms with Gasteiger partial charge in [-0.2, -0.15) is 0 Å². The molecule has 0 aromatic heterocycles. The average molecular weight is 176 g/mol. The van der Waals surface area contributed by atoms with Crippen LogP contribution in [0.25, 0.3) is 0 Å². The number of nitrogens with zero attached hydrogens (tertiary/aromatic N) is 1. The molecule has 2 aliphatic heterocycles. The Morgan fingerprint density at radius 1 is 1.64 bits per heavy atom. The maximum Gasteiger partial charge on any atom is 0.240 e. The molecule has 11 heavy (non-hydrogen) atoms. The van der Waals surface area contributed by atoms with Crippen LogP contribution in [0.5, 0.6) is 0 Å². The normalized spacial score (nSPS) is 38.5. The van der Waals surface area contributed by atoms with Crippen LogP contribution in [0.4, 0.5) is 0 Å². The van der Waals surface area contributed by atoms with Gasteiger partial charge in [-0.25, -0.2) is 10.4 Å². The van der Waals surface area contributed by atoms with Crippen molar-refractivity contribution in [1.82, 2.24) is 15.8 Å².